The standard InChI is InChI=1S/C16H13N3OS/c1-11-4-6-13(7-5-11)18-16-19-15(20)14(21-16)9-12-3-2-8-17-10-12/h2-10H,1H3,(H,18,19,20)/b14-9-. The molecule has 21 heavy (non-hydrogen) atoms. The molecule has 2 aromatic rings. The SMILES string of the molecule is Cc1ccc(N=C2NC(=O)/C(=C/c3cccnc3)S2)cc1. The van der Waals surface area contributed by atoms with Crippen LogP contribution in [-0.2, 0) is 4.79 Å². The van der Waals surface area contributed by atoms with E-state index in [4.69, 9.17) is 0 Å². The van der Waals surface area contributed by atoms with E-state index in [-0.39, 0.29) is 5.91 Å². The van der Waals surface area contributed by atoms with E-state index in [9.17, 15) is 4.79 Å². The number of benzene rings is 1. The quantitative estimate of drug-likeness (QED) is 0.865. The van der Waals surface area contributed by atoms with E-state index in [1.165, 1.54) is 17.3 Å². The highest BCUT2D eigenvalue weighted by Crippen LogP contribution is 2.27. The van der Waals surface area contributed by atoms with E-state index < -0.39 is 0 Å². The zero-order valence-electron chi connectivity index (χ0n) is 11.4. The van der Waals surface area contributed by atoms with Crippen molar-refractivity contribution in [1.82, 2.24) is 10.3 Å². The molecule has 104 valence electrons. The zero-order valence-corrected chi connectivity index (χ0v) is 12.2. The van der Waals surface area contributed by atoms with Crippen LogP contribution < -0.4 is 5.32 Å². The van der Waals surface area contributed by atoms with Crippen molar-refractivity contribution in [3.63, 3.8) is 0 Å². The Kier molecular flexibility index (Phi) is 3.83. The number of rotatable bonds is 2. The summed E-state index contributed by atoms with van der Waals surface area (Å²) in [5.74, 6) is -0.130. The van der Waals surface area contributed by atoms with Crippen LogP contribution in [0.1, 0.15) is 11.1 Å². The number of carbonyl (C=O) groups excluding carboxylic acids is 1. The van der Waals surface area contributed by atoms with Crippen molar-refractivity contribution in [2.75, 3.05) is 0 Å². The van der Waals surface area contributed by atoms with Gasteiger partial charge in [-0.05, 0) is 48.5 Å². The van der Waals surface area contributed by atoms with E-state index in [0.717, 1.165) is 11.3 Å². The number of nitrogens with zero attached hydrogens (tertiary/aromatic N) is 2. The molecule has 0 spiro atoms. The lowest BCUT2D eigenvalue weighted by Crippen LogP contribution is -2.19. The molecule has 1 fully saturated rings. The first-order valence-electron chi connectivity index (χ1n) is 6.47. The monoisotopic (exact) mass is 295 g/mol. The predicted octanol–water partition coefficient (Wildman–Crippen LogP) is 3.28. The van der Waals surface area contributed by atoms with Gasteiger partial charge in [0, 0.05) is 12.4 Å². The number of hydrogen-bond donors (Lipinski definition) is 1. The van der Waals surface area contributed by atoms with Crippen molar-refractivity contribution in [2.45, 2.75) is 6.92 Å². The average molecular weight is 295 g/mol. The van der Waals surface area contributed by atoms with Crippen molar-refractivity contribution in [3.8, 4) is 0 Å². The second-order valence-corrected chi connectivity index (χ2v) is 5.63. The van der Waals surface area contributed by atoms with E-state index in [2.05, 4.69) is 15.3 Å². The maximum absolute atomic E-state index is 11.9. The molecular formula is C16H13N3OS. The van der Waals surface area contributed by atoms with Crippen molar-refractivity contribution in [1.29, 1.82) is 0 Å². The number of pyridine rings is 1. The molecule has 0 unspecified atom stereocenters. The summed E-state index contributed by atoms with van der Waals surface area (Å²) < 4.78 is 0. The molecule has 1 aliphatic rings. The molecule has 1 aromatic heterocycles. The van der Waals surface area contributed by atoms with Crippen LogP contribution in [0.5, 0.6) is 0 Å². The van der Waals surface area contributed by atoms with Gasteiger partial charge in [-0.3, -0.25) is 9.78 Å². The Labute approximate surface area is 127 Å². The highest BCUT2D eigenvalue weighted by Gasteiger charge is 2.23. The number of thioether (sulfide) groups is 1. The zero-order chi connectivity index (χ0) is 14.7. The number of aromatic nitrogens is 1. The Balaban J connectivity index is 1.81. The van der Waals surface area contributed by atoms with Gasteiger partial charge in [-0.15, -0.1) is 0 Å². The van der Waals surface area contributed by atoms with Crippen LogP contribution >= 0.6 is 11.8 Å². The number of hydrogen-bond acceptors (Lipinski definition) is 4. The minimum atomic E-state index is -0.130. The molecule has 0 bridgehead atoms. The maximum Gasteiger partial charge on any atom is 0.264 e. The second kappa shape index (κ2) is 5.93. The van der Waals surface area contributed by atoms with Gasteiger partial charge in [-0.1, -0.05) is 23.8 Å². The molecule has 1 N–H and O–H groups in total. The van der Waals surface area contributed by atoms with Gasteiger partial charge in [0.05, 0.1) is 10.6 Å². The fraction of sp³-hybridized carbons (Fsp3) is 0.0625. The molecule has 0 saturated carbocycles. The molecule has 2 heterocycles. The smallest absolute Gasteiger partial charge is 0.264 e. The van der Waals surface area contributed by atoms with Crippen LogP contribution in [0.4, 0.5) is 5.69 Å². The minimum absolute atomic E-state index is 0.130. The minimum Gasteiger partial charge on any atom is -0.300 e. The van der Waals surface area contributed by atoms with Crippen molar-refractivity contribution >= 4 is 34.6 Å². The van der Waals surface area contributed by atoms with Crippen LogP contribution in [0, 0.1) is 6.92 Å². The van der Waals surface area contributed by atoms with E-state index in [1.807, 2.05) is 49.4 Å². The molecule has 1 aliphatic heterocycles. The Morgan fingerprint density at radius 3 is 2.76 bits per heavy atom. The highest BCUT2D eigenvalue weighted by molar-refractivity contribution is 8.18. The third kappa shape index (κ3) is 3.38. The summed E-state index contributed by atoms with van der Waals surface area (Å²) in [5.41, 5.74) is 2.90. The van der Waals surface area contributed by atoms with Crippen LogP contribution in [0.2, 0.25) is 0 Å². The maximum atomic E-state index is 11.9. The Morgan fingerprint density at radius 1 is 1.24 bits per heavy atom. The normalized spacial score (nSPS) is 18.2. The summed E-state index contributed by atoms with van der Waals surface area (Å²) in [6.07, 6.45) is 5.23. The summed E-state index contributed by atoms with van der Waals surface area (Å²) in [5, 5.41) is 3.37. The Bertz CT molecular complexity index is 721. The summed E-state index contributed by atoms with van der Waals surface area (Å²) >= 11 is 1.34. The lowest BCUT2D eigenvalue weighted by Gasteiger charge is -1.96. The van der Waals surface area contributed by atoms with Gasteiger partial charge in [0.2, 0.25) is 0 Å². The van der Waals surface area contributed by atoms with Gasteiger partial charge in [-0.2, -0.15) is 0 Å². The number of carbonyl (C=O) groups is 1. The molecule has 0 aliphatic carbocycles. The van der Waals surface area contributed by atoms with Crippen molar-refractivity contribution < 1.29 is 4.79 Å². The predicted molar refractivity (Wildman–Crippen MR) is 86.2 cm³/mol. The topological polar surface area (TPSA) is 54.4 Å². The number of aryl methyl sites for hydroxylation is 1. The van der Waals surface area contributed by atoms with Crippen LogP contribution in [0.3, 0.4) is 0 Å². The first-order chi connectivity index (χ1) is 10.2. The lowest BCUT2D eigenvalue weighted by molar-refractivity contribution is -0.115. The Hall–Kier alpha value is -2.40. The van der Waals surface area contributed by atoms with Gasteiger partial charge < -0.3 is 5.32 Å². The molecule has 5 heteroatoms. The summed E-state index contributed by atoms with van der Waals surface area (Å²) in [6.45, 7) is 2.03. The summed E-state index contributed by atoms with van der Waals surface area (Å²) in [4.78, 5) is 21.0. The van der Waals surface area contributed by atoms with E-state index in [1.54, 1.807) is 12.4 Å². The van der Waals surface area contributed by atoms with Crippen LogP contribution in [0.25, 0.3) is 6.08 Å². The third-order valence-corrected chi connectivity index (χ3v) is 3.81. The van der Waals surface area contributed by atoms with Gasteiger partial charge in [0.15, 0.2) is 5.17 Å². The molecule has 1 amide bonds. The summed E-state index contributed by atoms with van der Waals surface area (Å²) in [7, 11) is 0. The molecule has 0 atom stereocenters. The van der Waals surface area contributed by atoms with Crippen molar-refractivity contribution in [3.05, 3.63) is 64.8 Å². The second-order valence-electron chi connectivity index (χ2n) is 4.60. The number of nitrogens with one attached hydrogen (secondary N) is 1. The van der Waals surface area contributed by atoms with E-state index >= 15 is 0 Å². The van der Waals surface area contributed by atoms with E-state index in [0.29, 0.717) is 10.1 Å². The number of amides is 1. The Morgan fingerprint density at radius 2 is 2.05 bits per heavy atom. The van der Waals surface area contributed by atoms with Crippen LogP contribution in [-0.4, -0.2) is 16.1 Å². The van der Waals surface area contributed by atoms with Gasteiger partial charge in [0.1, 0.15) is 0 Å². The number of amidine groups is 1. The molecule has 3 rings (SSSR count). The number of aliphatic imine (C=N–C) groups is 1. The fourth-order valence-corrected chi connectivity index (χ4v) is 2.67. The van der Waals surface area contributed by atoms with Gasteiger partial charge in [-0.25, -0.2) is 4.99 Å². The van der Waals surface area contributed by atoms with Crippen molar-refractivity contribution in [2.24, 2.45) is 4.99 Å². The third-order valence-electron chi connectivity index (χ3n) is 2.90. The lowest BCUT2D eigenvalue weighted by atomic mass is 10.2. The van der Waals surface area contributed by atoms with Gasteiger partial charge >= 0.3 is 0 Å². The van der Waals surface area contributed by atoms with Gasteiger partial charge in [0.25, 0.3) is 5.91 Å². The average Bonchev–Trinajstić information content (AvgIpc) is 2.82. The fourth-order valence-electron chi connectivity index (χ4n) is 1.83. The molecule has 0 radical (unpaired) electrons. The highest BCUT2D eigenvalue weighted by atomic mass is 32.2. The van der Waals surface area contributed by atoms with Crippen LogP contribution in [0.15, 0.2) is 58.7 Å². The molecule has 1 aromatic carbocycles. The first kappa shape index (κ1) is 13.6. The molecule has 1 saturated heterocycles. The first-order valence-corrected chi connectivity index (χ1v) is 7.29. The molecule has 4 nitrogen and oxygen atoms in total. The molecular weight excluding hydrogens is 282 g/mol. The largest absolute Gasteiger partial charge is 0.300 e. The summed E-state index contributed by atoms with van der Waals surface area (Å²) in [6, 6.07) is 11.6.